The van der Waals surface area contributed by atoms with Crippen molar-refractivity contribution < 1.29 is 34.4 Å². The minimum Gasteiger partial charge on any atom is -0.479 e. The van der Waals surface area contributed by atoms with Crippen molar-refractivity contribution in [3.63, 3.8) is 0 Å². The molecule has 1 aliphatic rings. The maximum atomic E-state index is 11.2. The summed E-state index contributed by atoms with van der Waals surface area (Å²) in [6, 6.07) is 5.67. The molecule has 0 aliphatic carbocycles. The number of hydrogen-bond donors (Lipinski definition) is 4. The quantitative estimate of drug-likeness (QED) is 0.519. The maximum Gasteiger partial charge on any atom is 0.335 e. The van der Waals surface area contributed by atoms with Gasteiger partial charge in [-0.15, -0.1) is 0 Å². The van der Waals surface area contributed by atoms with Crippen molar-refractivity contribution in [2.24, 2.45) is 0 Å². The Kier molecular flexibility index (Phi) is 6.96. The molecule has 1 aliphatic heterocycles. The molecule has 144 valence electrons. The first-order valence-electron chi connectivity index (χ1n) is 8.49. The van der Waals surface area contributed by atoms with E-state index in [0.29, 0.717) is 12.8 Å². The van der Waals surface area contributed by atoms with E-state index in [1.807, 2.05) is 18.2 Å². The lowest BCUT2D eigenvalue weighted by Gasteiger charge is -2.35. The van der Waals surface area contributed by atoms with Crippen LogP contribution in [0, 0.1) is 0 Å². The second-order valence-corrected chi connectivity index (χ2v) is 6.36. The third-order valence-corrected chi connectivity index (χ3v) is 4.45. The average Bonchev–Trinajstić information content (AvgIpc) is 2.60. The Bertz CT molecular complexity index is 648. The van der Waals surface area contributed by atoms with Crippen molar-refractivity contribution >= 4 is 17.6 Å². The number of hydrogen-bond acceptors (Lipinski definition) is 7. The van der Waals surface area contributed by atoms with Gasteiger partial charge in [0.2, 0.25) is 0 Å². The molecule has 4 N–H and O–H groups in total. The van der Waals surface area contributed by atoms with Crippen molar-refractivity contribution in [1.82, 2.24) is 0 Å². The highest BCUT2D eigenvalue weighted by Gasteiger charge is 2.40. The fraction of sp³-hybridized carbons (Fsp3) is 0.556. The number of aliphatic carboxylic acids is 1. The number of rotatable bonds is 7. The molecule has 8 heteroatoms. The predicted octanol–water partition coefficient (Wildman–Crippen LogP) is 0.688. The van der Waals surface area contributed by atoms with Crippen LogP contribution in [0.4, 0.5) is 5.69 Å². The minimum absolute atomic E-state index is 0.152. The van der Waals surface area contributed by atoms with Gasteiger partial charge in [0.25, 0.3) is 0 Å². The monoisotopic (exact) mass is 367 g/mol. The maximum absolute atomic E-state index is 11.2. The second kappa shape index (κ2) is 8.98. The molecule has 0 spiro atoms. The Labute approximate surface area is 151 Å². The Morgan fingerprint density at radius 2 is 2.04 bits per heavy atom. The summed E-state index contributed by atoms with van der Waals surface area (Å²) in [5.74, 6) is -1.67. The Hall–Kier alpha value is -2.16. The van der Waals surface area contributed by atoms with E-state index in [4.69, 9.17) is 14.6 Å². The Morgan fingerprint density at radius 1 is 1.31 bits per heavy atom. The molecular weight excluding hydrogens is 342 g/mol. The molecule has 1 aromatic rings. The second-order valence-electron chi connectivity index (χ2n) is 6.36. The van der Waals surface area contributed by atoms with E-state index in [1.165, 1.54) is 6.92 Å². The average molecular weight is 367 g/mol. The number of aliphatic hydroxyl groups excluding tert-OH is 2. The number of ether oxygens (including phenoxy) is 2. The molecule has 0 bridgehead atoms. The van der Waals surface area contributed by atoms with Gasteiger partial charge in [-0.1, -0.05) is 6.07 Å². The van der Waals surface area contributed by atoms with Crippen LogP contribution in [0.15, 0.2) is 18.2 Å². The van der Waals surface area contributed by atoms with Crippen LogP contribution >= 0.6 is 0 Å². The van der Waals surface area contributed by atoms with Crippen molar-refractivity contribution in [1.29, 1.82) is 0 Å². The van der Waals surface area contributed by atoms with Gasteiger partial charge < -0.3 is 30.1 Å². The van der Waals surface area contributed by atoms with E-state index in [2.05, 4.69) is 5.32 Å². The van der Waals surface area contributed by atoms with Gasteiger partial charge >= 0.3 is 11.9 Å². The molecule has 3 unspecified atom stereocenters. The number of carboxylic acid groups (broad SMARTS) is 1. The van der Waals surface area contributed by atoms with Crippen LogP contribution in [0.25, 0.3) is 0 Å². The number of anilines is 1. The van der Waals surface area contributed by atoms with Gasteiger partial charge in [-0.2, -0.15) is 0 Å². The van der Waals surface area contributed by atoms with Crippen molar-refractivity contribution in [3.05, 3.63) is 29.3 Å². The lowest BCUT2D eigenvalue weighted by Crippen LogP contribution is -2.51. The van der Waals surface area contributed by atoms with E-state index in [1.54, 1.807) is 7.05 Å². The molecule has 1 saturated heterocycles. The molecule has 8 nitrogen and oxygen atoms in total. The molecule has 0 amide bonds. The highest BCUT2D eigenvalue weighted by molar-refractivity contribution is 5.73. The standard InChI is InChI=1S/C18H25NO7/c1-10(20)25-9-12-3-5-13(19-2)7-11(12)4-6-14-8-15(21)16(22)17(26-14)18(23)24/h3,5,7,14-17,19,21-22H,4,6,8-9H2,1-2H3,(H,23,24)/t14?,15?,16-,17?/m0/s1. The first kappa shape index (κ1) is 20.2. The number of aryl methyl sites for hydroxylation is 1. The van der Waals surface area contributed by atoms with Gasteiger partial charge in [-0.25, -0.2) is 4.79 Å². The molecule has 0 saturated carbocycles. The van der Waals surface area contributed by atoms with Crippen LogP contribution in [-0.2, 0) is 32.1 Å². The van der Waals surface area contributed by atoms with E-state index >= 15 is 0 Å². The summed E-state index contributed by atoms with van der Waals surface area (Å²) in [6.45, 7) is 1.50. The van der Waals surface area contributed by atoms with Gasteiger partial charge in [0.15, 0.2) is 6.10 Å². The summed E-state index contributed by atoms with van der Waals surface area (Å²) in [5, 5.41) is 31.8. The SMILES string of the molecule is CNc1ccc(COC(C)=O)c(CCC2CC(O)[C@H](O)C(C(=O)O)O2)c1. The smallest absolute Gasteiger partial charge is 0.335 e. The fourth-order valence-corrected chi connectivity index (χ4v) is 2.99. The molecule has 26 heavy (non-hydrogen) atoms. The van der Waals surface area contributed by atoms with E-state index in [0.717, 1.165) is 16.8 Å². The minimum atomic E-state index is -1.44. The van der Waals surface area contributed by atoms with Crippen LogP contribution in [0.2, 0.25) is 0 Å². The molecule has 0 radical (unpaired) electrons. The van der Waals surface area contributed by atoms with Gasteiger partial charge in [0.05, 0.1) is 12.2 Å². The van der Waals surface area contributed by atoms with Crippen molar-refractivity contribution in [2.45, 2.75) is 57.2 Å². The number of carboxylic acids is 1. The summed E-state index contributed by atoms with van der Waals surface area (Å²) in [6.07, 6.45) is -3.33. The number of carbonyl (C=O) groups excluding carboxylic acids is 1. The predicted molar refractivity (Wildman–Crippen MR) is 92.7 cm³/mol. The summed E-state index contributed by atoms with van der Waals surface area (Å²) in [4.78, 5) is 22.2. The molecule has 1 aromatic carbocycles. The van der Waals surface area contributed by atoms with Crippen LogP contribution in [-0.4, -0.2) is 58.7 Å². The van der Waals surface area contributed by atoms with Crippen molar-refractivity contribution in [2.75, 3.05) is 12.4 Å². The lowest BCUT2D eigenvalue weighted by molar-refractivity contribution is -0.193. The molecule has 1 heterocycles. The number of benzene rings is 1. The molecule has 4 atom stereocenters. The normalized spacial score (nSPS) is 25.5. The van der Waals surface area contributed by atoms with Crippen molar-refractivity contribution in [3.8, 4) is 0 Å². The van der Waals surface area contributed by atoms with E-state index in [9.17, 15) is 19.8 Å². The van der Waals surface area contributed by atoms with Gasteiger partial charge in [-0.05, 0) is 36.1 Å². The topological polar surface area (TPSA) is 125 Å². The van der Waals surface area contributed by atoms with Gasteiger partial charge in [0.1, 0.15) is 12.7 Å². The van der Waals surface area contributed by atoms with E-state index < -0.39 is 30.4 Å². The van der Waals surface area contributed by atoms with Crippen LogP contribution in [0.1, 0.15) is 30.9 Å². The largest absolute Gasteiger partial charge is 0.479 e. The number of aliphatic hydroxyl groups is 2. The third kappa shape index (κ3) is 5.17. The molecule has 1 fully saturated rings. The summed E-state index contributed by atoms with van der Waals surface area (Å²) < 4.78 is 10.5. The van der Waals surface area contributed by atoms with Crippen LogP contribution in [0.3, 0.4) is 0 Å². The van der Waals surface area contributed by atoms with E-state index in [-0.39, 0.29) is 19.0 Å². The zero-order chi connectivity index (χ0) is 19.3. The van der Waals surface area contributed by atoms with Crippen LogP contribution in [0.5, 0.6) is 0 Å². The van der Waals surface area contributed by atoms with Gasteiger partial charge in [-0.3, -0.25) is 4.79 Å². The zero-order valence-corrected chi connectivity index (χ0v) is 14.8. The zero-order valence-electron chi connectivity index (χ0n) is 14.8. The summed E-state index contributed by atoms with van der Waals surface area (Å²) in [7, 11) is 1.80. The number of carbonyl (C=O) groups is 2. The van der Waals surface area contributed by atoms with Gasteiger partial charge in [0, 0.05) is 26.1 Å². The fourth-order valence-electron chi connectivity index (χ4n) is 2.99. The number of esters is 1. The molecular formula is C18H25NO7. The summed E-state index contributed by atoms with van der Waals surface area (Å²) >= 11 is 0. The summed E-state index contributed by atoms with van der Waals surface area (Å²) in [5.41, 5.74) is 2.69. The first-order valence-corrected chi connectivity index (χ1v) is 8.49. The lowest BCUT2D eigenvalue weighted by atomic mass is 9.93. The first-order chi connectivity index (χ1) is 12.3. The Morgan fingerprint density at radius 3 is 2.65 bits per heavy atom. The number of nitrogens with one attached hydrogen (secondary N) is 1. The highest BCUT2D eigenvalue weighted by Crippen LogP contribution is 2.26. The van der Waals surface area contributed by atoms with Crippen LogP contribution < -0.4 is 5.32 Å². The third-order valence-electron chi connectivity index (χ3n) is 4.45. The molecule has 2 rings (SSSR count). The highest BCUT2D eigenvalue weighted by atomic mass is 16.5. The Balaban J connectivity index is 2.07. The molecule has 0 aromatic heterocycles.